The zero-order chi connectivity index (χ0) is 21.3. The fraction of sp³-hybridized carbons (Fsp3) is 0.167. The molecule has 2 N–H and O–H groups in total. The molecule has 2 amide bonds. The van der Waals surface area contributed by atoms with E-state index in [0.717, 1.165) is 11.1 Å². The number of hydrogen-bond donors (Lipinski definition) is 2. The summed E-state index contributed by atoms with van der Waals surface area (Å²) in [5.74, 6) is -1.35. The van der Waals surface area contributed by atoms with E-state index in [1.54, 1.807) is 36.4 Å². The summed E-state index contributed by atoms with van der Waals surface area (Å²) < 4.78 is 27.3. The molecule has 30 heavy (non-hydrogen) atoms. The van der Waals surface area contributed by atoms with Crippen LogP contribution in [-0.2, 0) is 35.5 Å². The highest BCUT2D eigenvalue weighted by Crippen LogP contribution is 2.09. The first kappa shape index (κ1) is 21.2. The first-order valence-corrected chi connectivity index (χ1v) is 9.59. The van der Waals surface area contributed by atoms with Gasteiger partial charge in [0.05, 0.1) is 12.8 Å². The minimum Gasteiger partial charge on any atom is -0.352 e. The molecule has 0 spiro atoms. The van der Waals surface area contributed by atoms with Gasteiger partial charge in [-0.15, -0.1) is 0 Å². The van der Waals surface area contributed by atoms with Crippen molar-refractivity contribution in [3.8, 4) is 0 Å². The smallest absolute Gasteiger partial charge is 0.224 e. The van der Waals surface area contributed by atoms with Crippen LogP contribution in [0.15, 0.2) is 72.8 Å². The Balaban J connectivity index is 1.48. The first-order chi connectivity index (χ1) is 14.5. The van der Waals surface area contributed by atoms with Crippen molar-refractivity contribution in [2.24, 2.45) is 0 Å². The van der Waals surface area contributed by atoms with Gasteiger partial charge in [0, 0.05) is 13.1 Å². The Labute approximate surface area is 173 Å². The fourth-order valence-electron chi connectivity index (χ4n) is 3.01. The van der Waals surface area contributed by atoms with Gasteiger partial charge in [-0.25, -0.2) is 8.78 Å². The summed E-state index contributed by atoms with van der Waals surface area (Å²) in [5.41, 5.74) is 2.41. The van der Waals surface area contributed by atoms with Gasteiger partial charge in [-0.05, 0) is 34.4 Å². The molecule has 3 aromatic rings. The SMILES string of the molecule is O=C(Cc1ccccc1F)NCc1cccc(CNC(=O)Cc2ccccc2F)c1. The average Bonchev–Trinajstić information content (AvgIpc) is 2.74. The van der Waals surface area contributed by atoms with Crippen LogP contribution >= 0.6 is 0 Å². The Morgan fingerprint density at radius 1 is 0.633 bits per heavy atom. The number of hydrogen-bond acceptors (Lipinski definition) is 2. The second-order valence-electron chi connectivity index (χ2n) is 6.91. The van der Waals surface area contributed by atoms with Crippen LogP contribution < -0.4 is 10.6 Å². The average molecular weight is 408 g/mol. The lowest BCUT2D eigenvalue weighted by Crippen LogP contribution is -2.26. The van der Waals surface area contributed by atoms with Crippen molar-refractivity contribution in [3.63, 3.8) is 0 Å². The molecule has 0 aliphatic carbocycles. The molecule has 0 fully saturated rings. The minimum absolute atomic E-state index is 0.0293. The summed E-state index contributed by atoms with van der Waals surface area (Å²) in [5, 5.41) is 5.54. The third-order valence-corrected chi connectivity index (χ3v) is 4.59. The minimum atomic E-state index is -0.402. The van der Waals surface area contributed by atoms with Gasteiger partial charge < -0.3 is 10.6 Å². The normalized spacial score (nSPS) is 10.5. The summed E-state index contributed by atoms with van der Waals surface area (Å²) in [6.07, 6.45) is -0.0586. The van der Waals surface area contributed by atoms with Gasteiger partial charge in [-0.1, -0.05) is 60.7 Å². The zero-order valence-corrected chi connectivity index (χ0v) is 16.3. The van der Waals surface area contributed by atoms with Gasteiger partial charge in [0.2, 0.25) is 11.8 Å². The molecule has 3 rings (SSSR count). The number of halogens is 2. The number of carbonyl (C=O) groups is 2. The molecule has 0 bridgehead atoms. The Bertz CT molecular complexity index is 958. The lowest BCUT2D eigenvalue weighted by atomic mass is 10.1. The third-order valence-electron chi connectivity index (χ3n) is 4.59. The van der Waals surface area contributed by atoms with E-state index in [4.69, 9.17) is 0 Å². The van der Waals surface area contributed by atoms with Crippen LogP contribution in [0.25, 0.3) is 0 Å². The summed E-state index contributed by atoms with van der Waals surface area (Å²) >= 11 is 0. The Morgan fingerprint density at radius 3 is 1.50 bits per heavy atom. The predicted octanol–water partition coefficient (Wildman–Crippen LogP) is 3.68. The molecule has 0 atom stereocenters. The molecule has 0 saturated heterocycles. The van der Waals surface area contributed by atoms with Gasteiger partial charge in [0.1, 0.15) is 11.6 Å². The molecule has 6 heteroatoms. The molecule has 0 aliphatic rings. The quantitative estimate of drug-likeness (QED) is 0.597. The fourth-order valence-corrected chi connectivity index (χ4v) is 3.01. The van der Waals surface area contributed by atoms with Gasteiger partial charge in [0.15, 0.2) is 0 Å². The molecule has 0 unspecified atom stereocenters. The third kappa shape index (κ3) is 6.24. The maximum atomic E-state index is 13.6. The van der Waals surface area contributed by atoms with Crippen LogP contribution in [0.1, 0.15) is 22.3 Å². The van der Waals surface area contributed by atoms with E-state index in [-0.39, 0.29) is 24.7 Å². The number of rotatable bonds is 8. The monoisotopic (exact) mass is 408 g/mol. The van der Waals surface area contributed by atoms with E-state index < -0.39 is 11.6 Å². The lowest BCUT2D eigenvalue weighted by Gasteiger charge is -2.09. The van der Waals surface area contributed by atoms with E-state index in [2.05, 4.69) is 10.6 Å². The van der Waals surface area contributed by atoms with Gasteiger partial charge in [-0.2, -0.15) is 0 Å². The van der Waals surface area contributed by atoms with Crippen LogP contribution in [0.2, 0.25) is 0 Å². The maximum absolute atomic E-state index is 13.6. The first-order valence-electron chi connectivity index (χ1n) is 9.59. The summed E-state index contributed by atoms with van der Waals surface area (Å²) in [6.45, 7) is 0.592. The summed E-state index contributed by atoms with van der Waals surface area (Å²) in [7, 11) is 0. The van der Waals surface area contributed by atoms with Gasteiger partial charge in [0.25, 0.3) is 0 Å². The number of nitrogens with one attached hydrogen (secondary N) is 2. The highest BCUT2D eigenvalue weighted by molar-refractivity contribution is 5.79. The highest BCUT2D eigenvalue weighted by atomic mass is 19.1. The topological polar surface area (TPSA) is 58.2 Å². The summed E-state index contributed by atoms with van der Waals surface area (Å²) in [6, 6.07) is 19.8. The highest BCUT2D eigenvalue weighted by Gasteiger charge is 2.09. The van der Waals surface area contributed by atoms with Crippen molar-refractivity contribution in [1.29, 1.82) is 0 Å². The van der Waals surface area contributed by atoms with Crippen molar-refractivity contribution < 1.29 is 18.4 Å². The molecular weight excluding hydrogens is 386 g/mol. The van der Waals surface area contributed by atoms with E-state index in [0.29, 0.717) is 24.2 Å². The van der Waals surface area contributed by atoms with Crippen molar-refractivity contribution in [3.05, 3.63) is 107 Å². The van der Waals surface area contributed by atoms with Crippen molar-refractivity contribution >= 4 is 11.8 Å². The molecule has 0 saturated carbocycles. The molecule has 0 radical (unpaired) electrons. The van der Waals surface area contributed by atoms with Crippen LogP contribution in [0.4, 0.5) is 8.78 Å². The van der Waals surface area contributed by atoms with Crippen molar-refractivity contribution in [1.82, 2.24) is 10.6 Å². The van der Waals surface area contributed by atoms with Gasteiger partial charge >= 0.3 is 0 Å². The second-order valence-corrected chi connectivity index (χ2v) is 6.91. The number of amides is 2. The zero-order valence-electron chi connectivity index (χ0n) is 16.3. The van der Waals surface area contributed by atoms with E-state index >= 15 is 0 Å². The molecule has 3 aromatic carbocycles. The maximum Gasteiger partial charge on any atom is 0.224 e. The van der Waals surface area contributed by atoms with Crippen LogP contribution in [0.5, 0.6) is 0 Å². The Hall–Kier alpha value is -3.54. The van der Waals surface area contributed by atoms with E-state index in [9.17, 15) is 18.4 Å². The molecule has 0 aliphatic heterocycles. The molecule has 4 nitrogen and oxygen atoms in total. The van der Waals surface area contributed by atoms with Crippen LogP contribution in [-0.4, -0.2) is 11.8 Å². The van der Waals surface area contributed by atoms with Crippen molar-refractivity contribution in [2.45, 2.75) is 25.9 Å². The van der Waals surface area contributed by atoms with Crippen LogP contribution in [0, 0.1) is 11.6 Å². The number of benzene rings is 3. The number of carbonyl (C=O) groups excluding carboxylic acids is 2. The lowest BCUT2D eigenvalue weighted by molar-refractivity contribution is -0.121. The molecular formula is C24H22F2N2O2. The predicted molar refractivity (Wildman–Crippen MR) is 110 cm³/mol. The van der Waals surface area contributed by atoms with Crippen LogP contribution in [0.3, 0.4) is 0 Å². The standard InChI is InChI=1S/C24H22F2N2O2/c25-21-10-3-1-8-19(21)13-23(29)27-15-17-6-5-7-18(12-17)16-28-24(30)14-20-9-2-4-11-22(20)26/h1-12H,13-16H2,(H,27,29)(H,28,30). The Kier molecular flexibility index (Phi) is 7.27. The van der Waals surface area contributed by atoms with Gasteiger partial charge in [-0.3, -0.25) is 9.59 Å². The summed E-state index contributed by atoms with van der Waals surface area (Å²) in [4.78, 5) is 24.1. The van der Waals surface area contributed by atoms with E-state index in [1.807, 2.05) is 24.3 Å². The molecule has 0 aromatic heterocycles. The molecule has 154 valence electrons. The Morgan fingerprint density at radius 2 is 1.07 bits per heavy atom. The van der Waals surface area contributed by atoms with E-state index in [1.165, 1.54) is 12.1 Å². The largest absolute Gasteiger partial charge is 0.352 e. The van der Waals surface area contributed by atoms with Crippen molar-refractivity contribution in [2.75, 3.05) is 0 Å². The second kappa shape index (κ2) is 10.3. The molecule has 0 heterocycles.